The lowest BCUT2D eigenvalue weighted by Crippen LogP contribution is -2.18. The molecule has 0 radical (unpaired) electrons. The van der Waals surface area contributed by atoms with Gasteiger partial charge in [0, 0.05) is 40.5 Å². The summed E-state index contributed by atoms with van der Waals surface area (Å²) in [7, 11) is 0. The highest BCUT2D eigenvalue weighted by Crippen LogP contribution is 2.27. The van der Waals surface area contributed by atoms with E-state index in [1.54, 1.807) is 18.2 Å². The summed E-state index contributed by atoms with van der Waals surface area (Å²) in [4.78, 5) is 23.3. The highest BCUT2D eigenvalue weighted by atomic mass is 16.6. The molecule has 0 saturated heterocycles. The van der Waals surface area contributed by atoms with Crippen molar-refractivity contribution in [3.05, 3.63) is 106 Å². The fourth-order valence-corrected chi connectivity index (χ4v) is 3.72. The van der Waals surface area contributed by atoms with Crippen LogP contribution in [0.2, 0.25) is 0 Å². The van der Waals surface area contributed by atoms with Crippen molar-refractivity contribution < 1.29 is 9.72 Å². The summed E-state index contributed by atoms with van der Waals surface area (Å²) < 4.78 is 1.83. The number of aromatic nitrogens is 1. The fraction of sp³-hybridized carbons (Fsp3) is 0.0769. The summed E-state index contributed by atoms with van der Waals surface area (Å²) >= 11 is 0. The van der Waals surface area contributed by atoms with Gasteiger partial charge in [0.05, 0.1) is 16.6 Å². The predicted molar refractivity (Wildman–Crippen MR) is 128 cm³/mol. The molecule has 7 heteroatoms. The van der Waals surface area contributed by atoms with E-state index in [1.807, 2.05) is 66.2 Å². The first-order valence-corrected chi connectivity index (χ1v) is 10.3. The molecule has 7 nitrogen and oxygen atoms in total. The van der Waals surface area contributed by atoms with E-state index in [4.69, 9.17) is 0 Å². The van der Waals surface area contributed by atoms with Crippen LogP contribution in [0.3, 0.4) is 0 Å². The topological polar surface area (TPSA) is 101 Å². The molecular weight excluding hydrogens is 416 g/mol. The van der Waals surface area contributed by atoms with E-state index >= 15 is 0 Å². The van der Waals surface area contributed by atoms with Gasteiger partial charge in [0.2, 0.25) is 5.91 Å². The number of allylic oxidation sites excluding steroid dienone is 1. The monoisotopic (exact) mass is 436 g/mol. The Kier molecular flexibility index (Phi) is 6.00. The number of nitrogens with zero attached hydrogens (tertiary/aromatic N) is 3. The molecule has 1 N–H and O–H groups in total. The molecule has 1 heterocycles. The number of amides is 1. The van der Waals surface area contributed by atoms with Crippen molar-refractivity contribution in [2.75, 3.05) is 5.32 Å². The summed E-state index contributed by atoms with van der Waals surface area (Å²) in [6, 6.07) is 23.3. The number of nitro groups is 1. The second kappa shape index (κ2) is 9.20. The van der Waals surface area contributed by atoms with Gasteiger partial charge in [0.15, 0.2) is 0 Å². The zero-order valence-corrected chi connectivity index (χ0v) is 17.9. The number of para-hydroxylation sites is 1. The van der Waals surface area contributed by atoms with Crippen molar-refractivity contribution >= 4 is 39.8 Å². The molecule has 0 fully saturated rings. The minimum absolute atomic E-state index is 0.0797. The number of carbonyl (C=O) groups is 1. The van der Waals surface area contributed by atoms with E-state index in [9.17, 15) is 20.2 Å². The largest absolute Gasteiger partial charge is 0.337 e. The number of benzene rings is 3. The van der Waals surface area contributed by atoms with Crippen LogP contribution in [0.5, 0.6) is 0 Å². The molecule has 4 rings (SSSR count). The zero-order valence-electron chi connectivity index (χ0n) is 17.9. The highest BCUT2D eigenvalue weighted by molar-refractivity contribution is 5.99. The predicted octanol–water partition coefficient (Wildman–Crippen LogP) is 5.56. The van der Waals surface area contributed by atoms with Gasteiger partial charge in [-0.25, -0.2) is 0 Å². The second-order valence-corrected chi connectivity index (χ2v) is 7.62. The van der Waals surface area contributed by atoms with E-state index in [2.05, 4.69) is 11.4 Å². The average Bonchev–Trinajstić information content (AvgIpc) is 3.14. The van der Waals surface area contributed by atoms with E-state index in [0.717, 1.165) is 27.7 Å². The van der Waals surface area contributed by atoms with Crippen LogP contribution in [0.15, 0.2) is 79.0 Å². The van der Waals surface area contributed by atoms with Gasteiger partial charge in [-0.05, 0) is 42.3 Å². The molecule has 0 bridgehead atoms. The Hall–Kier alpha value is -4.70. The first-order chi connectivity index (χ1) is 15.9. The third-order valence-electron chi connectivity index (χ3n) is 5.22. The minimum Gasteiger partial charge on any atom is -0.337 e. The van der Waals surface area contributed by atoms with Crippen LogP contribution in [0.1, 0.15) is 16.7 Å². The van der Waals surface area contributed by atoms with Crippen molar-refractivity contribution in [3.63, 3.8) is 0 Å². The molecule has 0 aliphatic rings. The molecule has 3 aromatic carbocycles. The number of carbonyl (C=O) groups excluding carboxylic acids is 1. The van der Waals surface area contributed by atoms with Gasteiger partial charge in [0.1, 0.15) is 6.54 Å². The molecule has 0 unspecified atom stereocenters. The highest BCUT2D eigenvalue weighted by Gasteiger charge is 2.13. The normalized spacial score (nSPS) is 11.2. The number of aryl methyl sites for hydroxylation is 1. The van der Waals surface area contributed by atoms with E-state index < -0.39 is 4.92 Å². The van der Waals surface area contributed by atoms with Crippen molar-refractivity contribution in [1.82, 2.24) is 4.57 Å². The van der Waals surface area contributed by atoms with Gasteiger partial charge in [-0.2, -0.15) is 5.26 Å². The molecule has 0 aliphatic carbocycles. The molecule has 1 amide bonds. The molecule has 0 aliphatic heterocycles. The molecule has 0 spiro atoms. The van der Waals surface area contributed by atoms with E-state index in [1.165, 1.54) is 12.1 Å². The Morgan fingerprint density at radius 2 is 1.91 bits per heavy atom. The fourth-order valence-electron chi connectivity index (χ4n) is 3.72. The third-order valence-corrected chi connectivity index (χ3v) is 5.22. The molecule has 162 valence electrons. The van der Waals surface area contributed by atoms with E-state index in [-0.39, 0.29) is 18.1 Å². The Balaban J connectivity index is 1.68. The number of non-ortho nitro benzene ring substituents is 1. The van der Waals surface area contributed by atoms with Gasteiger partial charge < -0.3 is 9.88 Å². The zero-order chi connectivity index (χ0) is 23.4. The molecule has 4 aromatic rings. The Morgan fingerprint density at radius 1 is 1.12 bits per heavy atom. The van der Waals surface area contributed by atoms with Gasteiger partial charge in [-0.1, -0.05) is 42.5 Å². The molecule has 0 atom stereocenters. The number of nitriles is 1. The molecular formula is C26H20N4O3. The van der Waals surface area contributed by atoms with E-state index in [0.29, 0.717) is 11.1 Å². The summed E-state index contributed by atoms with van der Waals surface area (Å²) in [6.07, 6.45) is 3.51. The number of hydrogen-bond acceptors (Lipinski definition) is 4. The van der Waals surface area contributed by atoms with Gasteiger partial charge in [-0.15, -0.1) is 0 Å². The minimum atomic E-state index is -0.489. The molecule has 33 heavy (non-hydrogen) atoms. The standard InChI is InChI=1S/C26H20N4O3/c1-18-6-4-8-22(12-18)28-26(31)17-29-16-21(24-10-2-3-11-25(24)29)13-20(15-27)19-7-5-9-23(14-19)30(32)33/h2-14,16H,17H2,1H3,(H,28,31)/b20-13-. The number of fused-ring (bicyclic) bond motifs is 1. The smallest absolute Gasteiger partial charge is 0.270 e. The lowest BCUT2D eigenvalue weighted by atomic mass is 10.0. The summed E-state index contributed by atoms with van der Waals surface area (Å²) in [5.74, 6) is -0.170. The van der Waals surface area contributed by atoms with Gasteiger partial charge >= 0.3 is 0 Å². The summed E-state index contributed by atoms with van der Waals surface area (Å²) in [6.45, 7) is 2.06. The van der Waals surface area contributed by atoms with Crippen LogP contribution in [-0.4, -0.2) is 15.4 Å². The number of nitro benzene ring substituents is 1. The number of nitrogens with one attached hydrogen (secondary N) is 1. The number of hydrogen-bond donors (Lipinski definition) is 1. The average molecular weight is 436 g/mol. The third kappa shape index (κ3) is 4.81. The Labute approximate surface area is 190 Å². The maximum atomic E-state index is 12.7. The van der Waals surface area contributed by atoms with Gasteiger partial charge in [-0.3, -0.25) is 14.9 Å². The first-order valence-electron chi connectivity index (χ1n) is 10.3. The van der Waals surface area contributed by atoms with Crippen LogP contribution in [0, 0.1) is 28.4 Å². The van der Waals surface area contributed by atoms with Crippen LogP contribution in [-0.2, 0) is 11.3 Å². The molecule has 0 saturated carbocycles. The number of rotatable bonds is 6. The Morgan fingerprint density at radius 3 is 2.67 bits per heavy atom. The Bertz CT molecular complexity index is 1440. The second-order valence-electron chi connectivity index (χ2n) is 7.62. The molecule has 1 aromatic heterocycles. The van der Waals surface area contributed by atoms with Crippen LogP contribution < -0.4 is 5.32 Å². The van der Waals surface area contributed by atoms with Crippen LogP contribution >= 0.6 is 0 Å². The van der Waals surface area contributed by atoms with Crippen LogP contribution in [0.25, 0.3) is 22.6 Å². The maximum Gasteiger partial charge on any atom is 0.270 e. The van der Waals surface area contributed by atoms with Crippen LogP contribution in [0.4, 0.5) is 11.4 Å². The lowest BCUT2D eigenvalue weighted by Gasteiger charge is -2.08. The van der Waals surface area contributed by atoms with Crippen molar-refractivity contribution in [2.45, 2.75) is 13.5 Å². The van der Waals surface area contributed by atoms with Crippen molar-refractivity contribution in [1.29, 1.82) is 5.26 Å². The SMILES string of the molecule is Cc1cccc(NC(=O)Cn2cc(/C=C(/C#N)c3cccc([N+](=O)[O-])c3)c3ccccc32)c1. The lowest BCUT2D eigenvalue weighted by molar-refractivity contribution is -0.384. The quantitative estimate of drug-likeness (QED) is 0.243. The summed E-state index contributed by atoms with van der Waals surface area (Å²) in [5.41, 5.74) is 4.05. The maximum absolute atomic E-state index is 12.7. The van der Waals surface area contributed by atoms with Gasteiger partial charge in [0.25, 0.3) is 5.69 Å². The van der Waals surface area contributed by atoms with Crippen molar-refractivity contribution in [3.8, 4) is 6.07 Å². The van der Waals surface area contributed by atoms with Crippen molar-refractivity contribution in [2.24, 2.45) is 0 Å². The summed E-state index contributed by atoms with van der Waals surface area (Å²) in [5, 5.41) is 24.6. The number of anilines is 1. The first kappa shape index (κ1) is 21.5.